The minimum atomic E-state index is 0.577. The average Bonchev–Trinajstić information content (AvgIpc) is 2.80. The van der Waals surface area contributed by atoms with Crippen molar-refractivity contribution in [2.75, 3.05) is 0 Å². The minimum Gasteiger partial charge on any atom is -0.436 e. The van der Waals surface area contributed by atoms with Crippen LogP contribution in [0.1, 0.15) is 18.1 Å². The first-order valence-corrected chi connectivity index (χ1v) is 6.71. The van der Waals surface area contributed by atoms with E-state index in [9.17, 15) is 0 Å². The minimum absolute atomic E-state index is 0.577. The Morgan fingerprint density at radius 3 is 2.74 bits per heavy atom. The quantitative estimate of drug-likeness (QED) is 0.654. The lowest BCUT2D eigenvalue weighted by Gasteiger charge is -2.00. The molecule has 0 spiro atoms. The Bertz CT molecular complexity index is 746. The second-order valence-electron chi connectivity index (χ2n) is 4.66. The Morgan fingerprint density at radius 1 is 1.16 bits per heavy atom. The first-order chi connectivity index (χ1) is 9.17. The summed E-state index contributed by atoms with van der Waals surface area (Å²) >= 11 is 6.25. The predicted molar refractivity (Wildman–Crippen MR) is 78.6 cm³/mol. The van der Waals surface area contributed by atoms with Crippen LogP contribution in [-0.4, -0.2) is 4.98 Å². The lowest BCUT2D eigenvalue weighted by molar-refractivity contribution is 0.620. The molecule has 0 unspecified atom stereocenters. The fourth-order valence-corrected chi connectivity index (χ4v) is 2.42. The van der Waals surface area contributed by atoms with E-state index in [2.05, 4.69) is 24.0 Å². The van der Waals surface area contributed by atoms with Crippen LogP contribution in [0.15, 0.2) is 40.8 Å². The largest absolute Gasteiger partial charge is 0.436 e. The molecular weight excluding hydrogens is 258 g/mol. The number of halogens is 1. The van der Waals surface area contributed by atoms with E-state index in [-0.39, 0.29) is 0 Å². The number of nitrogens with zero attached hydrogens (tertiary/aromatic N) is 1. The monoisotopic (exact) mass is 271 g/mol. The molecule has 2 aromatic carbocycles. The first-order valence-electron chi connectivity index (χ1n) is 6.33. The molecule has 0 radical (unpaired) electrons. The average molecular weight is 272 g/mol. The highest BCUT2D eigenvalue weighted by molar-refractivity contribution is 6.33. The summed E-state index contributed by atoms with van der Waals surface area (Å²) in [5, 5.41) is 0.669. The van der Waals surface area contributed by atoms with Crippen molar-refractivity contribution in [3.8, 4) is 11.5 Å². The number of hydrogen-bond acceptors (Lipinski definition) is 2. The number of aryl methyl sites for hydroxylation is 2. The van der Waals surface area contributed by atoms with E-state index in [0.717, 1.165) is 28.6 Å². The summed E-state index contributed by atoms with van der Waals surface area (Å²) in [6.07, 6.45) is 0.990. The summed E-state index contributed by atoms with van der Waals surface area (Å²) in [6.45, 7) is 4.13. The van der Waals surface area contributed by atoms with Gasteiger partial charge in [-0.05, 0) is 48.7 Å². The Balaban J connectivity index is 2.14. The molecule has 0 fully saturated rings. The molecular formula is C16H14ClNO. The van der Waals surface area contributed by atoms with Crippen molar-refractivity contribution >= 4 is 22.7 Å². The van der Waals surface area contributed by atoms with Crippen molar-refractivity contribution in [3.63, 3.8) is 0 Å². The zero-order valence-electron chi connectivity index (χ0n) is 10.9. The second-order valence-corrected chi connectivity index (χ2v) is 5.07. The Morgan fingerprint density at radius 2 is 2.00 bits per heavy atom. The molecule has 3 aromatic rings. The molecule has 1 aromatic heterocycles. The highest BCUT2D eigenvalue weighted by Gasteiger charge is 2.11. The molecule has 19 heavy (non-hydrogen) atoms. The van der Waals surface area contributed by atoms with E-state index in [1.54, 1.807) is 0 Å². The fourth-order valence-electron chi connectivity index (χ4n) is 2.10. The van der Waals surface area contributed by atoms with E-state index < -0.39 is 0 Å². The smallest absolute Gasteiger partial charge is 0.228 e. The van der Waals surface area contributed by atoms with Crippen LogP contribution in [0.4, 0.5) is 0 Å². The van der Waals surface area contributed by atoms with Crippen molar-refractivity contribution < 1.29 is 4.42 Å². The van der Waals surface area contributed by atoms with E-state index >= 15 is 0 Å². The third-order valence-corrected chi connectivity index (χ3v) is 3.53. The molecule has 0 aliphatic carbocycles. The van der Waals surface area contributed by atoms with Crippen molar-refractivity contribution in [1.82, 2.24) is 4.98 Å². The van der Waals surface area contributed by atoms with E-state index in [0.29, 0.717) is 10.9 Å². The van der Waals surface area contributed by atoms with Gasteiger partial charge < -0.3 is 4.42 Å². The molecule has 3 heteroatoms. The second kappa shape index (κ2) is 4.71. The van der Waals surface area contributed by atoms with Gasteiger partial charge in [0.25, 0.3) is 0 Å². The normalized spacial score (nSPS) is 11.1. The van der Waals surface area contributed by atoms with Crippen molar-refractivity contribution in [3.05, 3.63) is 52.5 Å². The zero-order valence-corrected chi connectivity index (χ0v) is 11.7. The van der Waals surface area contributed by atoms with Gasteiger partial charge in [-0.15, -0.1) is 0 Å². The Labute approximate surface area is 117 Å². The van der Waals surface area contributed by atoms with Gasteiger partial charge in [0.1, 0.15) is 5.52 Å². The number of rotatable bonds is 2. The SMILES string of the molecule is CCc1ccc2oc(-c3ccc(C)cc3Cl)nc2c1. The van der Waals surface area contributed by atoms with E-state index in [1.165, 1.54) is 5.56 Å². The molecule has 0 saturated heterocycles. The van der Waals surface area contributed by atoms with Crippen molar-refractivity contribution in [2.24, 2.45) is 0 Å². The standard InChI is InChI=1S/C16H14ClNO/c1-3-11-5-7-15-14(9-11)18-16(19-15)12-6-4-10(2)8-13(12)17/h4-9H,3H2,1-2H3. The topological polar surface area (TPSA) is 26.0 Å². The van der Waals surface area contributed by atoms with Crippen LogP contribution in [0.5, 0.6) is 0 Å². The molecule has 3 rings (SSSR count). The molecule has 0 N–H and O–H groups in total. The van der Waals surface area contributed by atoms with Crippen LogP contribution >= 0.6 is 11.6 Å². The molecule has 0 amide bonds. The van der Waals surface area contributed by atoms with E-state index in [1.807, 2.05) is 31.2 Å². The number of aromatic nitrogens is 1. The maximum absolute atomic E-state index is 6.25. The van der Waals surface area contributed by atoms with Gasteiger partial charge in [0.15, 0.2) is 5.58 Å². The maximum Gasteiger partial charge on any atom is 0.228 e. The summed E-state index contributed by atoms with van der Waals surface area (Å²) in [7, 11) is 0. The maximum atomic E-state index is 6.25. The van der Waals surface area contributed by atoms with Gasteiger partial charge in [0.2, 0.25) is 5.89 Å². The summed E-state index contributed by atoms with van der Waals surface area (Å²) < 4.78 is 5.78. The molecule has 0 aliphatic heterocycles. The molecule has 0 bridgehead atoms. The van der Waals surface area contributed by atoms with Gasteiger partial charge in [0.05, 0.1) is 10.6 Å². The van der Waals surface area contributed by atoms with Gasteiger partial charge in [-0.3, -0.25) is 0 Å². The van der Waals surface area contributed by atoms with Gasteiger partial charge in [0, 0.05) is 0 Å². The van der Waals surface area contributed by atoms with Crippen LogP contribution in [0, 0.1) is 6.92 Å². The summed E-state index contributed by atoms with van der Waals surface area (Å²) in [5.41, 5.74) is 4.89. The van der Waals surface area contributed by atoms with Gasteiger partial charge in [-0.25, -0.2) is 4.98 Å². The third kappa shape index (κ3) is 2.24. The van der Waals surface area contributed by atoms with Crippen LogP contribution in [0.2, 0.25) is 5.02 Å². The molecule has 96 valence electrons. The summed E-state index contributed by atoms with van der Waals surface area (Å²) in [5.74, 6) is 0.577. The lowest BCUT2D eigenvalue weighted by atomic mass is 10.1. The molecule has 2 nitrogen and oxygen atoms in total. The summed E-state index contributed by atoms with van der Waals surface area (Å²) in [6, 6.07) is 12.0. The van der Waals surface area contributed by atoms with Crippen LogP contribution in [0.3, 0.4) is 0 Å². The van der Waals surface area contributed by atoms with E-state index in [4.69, 9.17) is 16.0 Å². The molecule has 0 saturated carbocycles. The van der Waals surface area contributed by atoms with Crippen LogP contribution in [-0.2, 0) is 6.42 Å². The first kappa shape index (κ1) is 12.2. The van der Waals surface area contributed by atoms with Gasteiger partial charge >= 0.3 is 0 Å². The van der Waals surface area contributed by atoms with Gasteiger partial charge in [-0.1, -0.05) is 30.7 Å². The third-order valence-electron chi connectivity index (χ3n) is 3.22. The zero-order chi connectivity index (χ0) is 13.4. The highest BCUT2D eigenvalue weighted by atomic mass is 35.5. The number of fused-ring (bicyclic) bond motifs is 1. The van der Waals surface area contributed by atoms with Crippen LogP contribution < -0.4 is 0 Å². The molecule has 0 atom stereocenters. The number of oxazole rings is 1. The van der Waals surface area contributed by atoms with Crippen molar-refractivity contribution in [2.45, 2.75) is 20.3 Å². The number of benzene rings is 2. The predicted octanol–water partition coefficient (Wildman–Crippen LogP) is 5.02. The molecule has 0 aliphatic rings. The highest BCUT2D eigenvalue weighted by Crippen LogP contribution is 2.30. The molecule has 1 heterocycles. The van der Waals surface area contributed by atoms with Crippen LogP contribution in [0.25, 0.3) is 22.6 Å². The Hall–Kier alpha value is -1.80. The lowest BCUT2D eigenvalue weighted by Crippen LogP contribution is -1.81. The number of hydrogen-bond donors (Lipinski definition) is 0. The summed E-state index contributed by atoms with van der Waals surface area (Å²) in [4.78, 5) is 4.53. The van der Waals surface area contributed by atoms with Gasteiger partial charge in [-0.2, -0.15) is 0 Å². The Kier molecular flexibility index (Phi) is 3.03. The van der Waals surface area contributed by atoms with Crippen molar-refractivity contribution in [1.29, 1.82) is 0 Å². The fraction of sp³-hybridized carbons (Fsp3) is 0.188.